The number of nitrogens with two attached hydrogens (primary N) is 1. The Bertz CT molecular complexity index is 447. The van der Waals surface area contributed by atoms with Crippen LogP contribution in [-0.4, -0.2) is 45.2 Å². The number of likely N-dealkylation sites (N-methyl/N-ethyl adjacent to an activating group) is 1. The number of anilines is 2. The maximum atomic E-state index is 5.78. The third kappa shape index (κ3) is 3.47. The second-order valence-corrected chi connectivity index (χ2v) is 4.65. The Kier molecular flexibility index (Phi) is 4.39. The fourth-order valence-electron chi connectivity index (χ4n) is 2.08. The first-order valence-electron chi connectivity index (χ1n) is 6.52. The summed E-state index contributed by atoms with van der Waals surface area (Å²) in [5.41, 5.74) is 7.66. The van der Waals surface area contributed by atoms with Gasteiger partial charge in [-0.15, -0.1) is 0 Å². The summed E-state index contributed by atoms with van der Waals surface area (Å²) in [6, 6.07) is 5.85. The number of ether oxygens (including phenoxy) is 1. The standard InChI is InChI=1S/C14H22N4O/c1-16-5-6-17(2)7-8-18-9-10-19-14-11-12(15)3-4-13(14)18/h3-6,11,16H,7-10,15H2,1-2H3/b6-5-. The van der Waals surface area contributed by atoms with Crippen molar-refractivity contribution < 1.29 is 4.74 Å². The van der Waals surface area contributed by atoms with Crippen molar-refractivity contribution in [3.8, 4) is 5.75 Å². The number of nitrogens with one attached hydrogen (secondary N) is 1. The van der Waals surface area contributed by atoms with E-state index in [0.717, 1.165) is 36.8 Å². The summed E-state index contributed by atoms with van der Waals surface area (Å²) in [6.45, 7) is 3.56. The molecule has 0 bridgehead atoms. The molecule has 0 unspecified atom stereocenters. The van der Waals surface area contributed by atoms with Crippen LogP contribution in [0.5, 0.6) is 5.75 Å². The summed E-state index contributed by atoms with van der Waals surface area (Å²) in [6.07, 6.45) is 3.96. The fraction of sp³-hybridized carbons (Fsp3) is 0.429. The Labute approximate surface area is 114 Å². The number of fused-ring (bicyclic) bond motifs is 1. The van der Waals surface area contributed by atoms with Crippen molar-refractivity contribution >= 4 is 11.4 Å². The molecule has 5 nitrogen and oxygen atoms in total. The zero-order valence-electron chi connectivity index (χ0n) is 11.6. The van der Waals surface area contributed by atoms with Gasteiger partial charge in [-0.05, 0) is 12.1 Å². The molecule has 0 aromatic heterocycles. The van der Waals surface area contributed by atoms with Crippen molar-refractivity contribution in [1.29, 1.82) is 0 Å². The van der Waals surface area contributed by atoms with E-state index in [1.54, 1.807) is 0 Å². The molecule has 1 aliphatic rings. The third-order valence-corrected chi connectivity index (χ3v) is 3.16. The maximum absolute atomic E-state index is 5.78. The van der Waals surface area contributed by atoms with E-state index in [1.807, 2.05) is 37.6 Å². The lowest BCUT2D eigenvalue weighted by Gasteiger charge is -2.32. The average molecular weight is 262 g/mol. The van der Waals surface area contributed by atoms with E-state index in [2.05, 4.69) is 22.2 Å². The van der Waals surface area contributed by atoms with Gasteiger partial charge >= 0.3 is 0 Å². The number of nitrogens with zero attached hydrogens (tertiary/aromatic N) is 2. The zero-order valence-corrected chi connectivity index (χ0v) is 11.6. The van der Waals surface area contributed by atoms with Gasteiger partial charge in [0.1, 0.15) is 12.4 Å². The molecule has 0 atom stereocenters. The average Bonchev–Trinajstić information content (AvgIpc) is 2.42. The Hall–Kier alpha value is -2.04. The van der Waals surface area contributed by atoms with Gasteiger partial charge in [0.05, 0.1) is 12.2 Å². The van der Waals surface area contributed by atoms with E-state index in [4.69, 9.17) is 10.5 Å². The van der Waals surface area contributed by atoms with Crippen LogP contribution in [0.2, 0.25) is 0 Å². The van der Waals surface area contributed by atoms with E-state index in [-0.39, 0.29) is 0 Å². The van der Waals surface area contributed by atoms with Crippen LogP contribution in [0.1, 0.15) is 0 Å². The number of hydrogen-bond donors (Lipinski definition) is 2. The summed E-state index contributed by atoms with van der Waals surface area (Å²) < 4.78 is 5.65. The fourth-order valence-corrected chi connectivity index (χ4v) is 2.08. The van der Waals surface area contributed by atoms with Crippen molar-refractivity contribution in [2.45, 2.75) is 0 Å². The van der Waals surface area contributed by atoms with Crippen LogP contribution in [0.3, 0.4) is 0 Å². The molecule has 0 saturated carbocycles. The van der Waals surface area contributed by atoms with E-state index in [0.29, 0.717) is 6.61 Å². The van der Waals surface area contributed by atoms with Gasteiger partial charge in [-0.1, -0.05) is 0 Å². The molecule has 3 N–H and O–H groups in total. The second kappa shape index (κ2) is 6.22. The highest BCUT2D eigenvalue weighted by Crippen LogP contribution is 2.32. The molecule has 2 rings (SSSR count). The predicted molar refractivity (Wildman–Crippen MR) is 79.4 cm³/mol. The minimum Gasteiger partial charge on any atom is -0.489 e. The summed E-state index contributed by atoms with van der Waals surface area (Å²) in [4.78, 5) is 4.49. The molecule has 104 valence electrons. The van der Waals surface area contributed by atoms with Gasteiger partial charge in [-0.2, -0.15) is 0 Å². The number of hydrogen-bond acceptors (Lipinski definition) is 5. The van der Waals surface area contributed by atoms with Crippen LogP contribution in [-0.2, 0) is 0 Å². The lowest BCUT2D eigenvalue weighted by molar-refractivity contribution is 0.304. The molecule has 0 amide bonds. The van der Waals surface area contributed by atoms with Crippen LogP contribution in [0.4, 0.5) is 11.4 Å². The van der Waals surface area contributed by atoms with Crippen molar-refractivity contribution in [3.63, 3.8) is 0 Å². The van der Waals surface area contributed by atoms with E-state index in [1.165, 1.54) is 0 Å². The largest absolute Gasteiger partial charge is 0.489 e. The zero-order chi connectivity index (χ0) is 13.7. The summed E-state index contributed by atoms with van der Waals surface area (Å²) in [5, 5.41) is 2.99. The Morgan fingerprint density at radius 1 is 1.53 bits per heavy atom. The van der Waals surface area contributed by atoms with E-state index in [9.17, 15) is 0 Å². The summed E-state index contributed by atoms with van der Waals surface area (Å²) >= 11 is 0. The summed E-state index contributed by atoms with van der Waals surface area (Å²) in [5.74, 6) is 0.889. The monoisotopic (exact) mass is 262 g/mol. The Morgan fingerprint density at radius 3 is 3.16 bits per heavy atom. The van der Waals surface area contributed by atoms with Crippen molar-refractivity contribution in [2.24, 2.45) is 0 Å². The van der Waals surface area contributed by atoms with Gasteiger partial charge < -0.3 is 25.6 Å². The number of rotatable bonds is 5. The number of nitrogen functional groups attached to an aromatic ring is 1. The Morgan fingerprint density at radius 2 is 2.37 bits per heavy atom. The summed E-state index contributed by atoms with van der Waals surface area (Å²) in [7, 11) is 3.96. The van der Waals surface area contributed by atoms with Gasteiger partial charge in [0.15, 0.2) is 0 Å². The van der Waals surface area contributed by atoms with Crippen LogP contribution >= 0.6 is 0 Å². The van der Waals surface area contributed by atoms with Gasteiger partial charge in [-0.25, -0.2) is 0 Å². The topological polar surface area (TPSA) is 53.8 Å². The van der Waals surface area contributed by atoms with Crippen LogP contribution in [0, 0.1) is 0 Å². The molecule has 0 spiro atoms. The lowest BCUT2D eigenvalue weighted by Crippen LogP contribution is -2.37. The normalized spacial score (nSPS) is 14.1. The van der Waals surface area contributed by atoms with E-state index < -0.39 is 0 Å². The van der Waals surface area contributed by atoms with Crippen LogP contribution < -0.4 is 20.7 Å². The number of benzene rings is 1. The predicted octanol–water partition coefficient (Wildman–Crippen LogP) is 1.09. The molecule has 0 saturated heterocycles. The SMILES string of the molecule is CN/C=C\N(C)CCN1CCOc2cc(N)ccc21. The Balaban J connectivity index is 1.98. The van der Waals surface area contributed by atoms with Gasteiger partial charge in [0.25, 0.3) is 0 Å². The molecule has 1 aliphatic heterocycles. The minimum absolute atomic E-state index is 0.715. The molecule has 1 aromatic carbocycles. The third-order valence-electron chi connectivity index (χ3n) is 3.16. The first-order chi connectivity index (χ1) is 9.20. The van der Waals surface area contributed by atoms with Gasteiger partial charge in [0, 0.05) is 51.3 Å². The van der Waals surface area contributed by atoms with Crippen molar-refractivity contribution in [2.75, 3.05) is 51.0 Å². The molecular formula is C14H22N4O. The molecule has 0 fully saturated rings. The molecule has 0 radical (unpaired) electrons. The molecule has 19 heavy (non-hydrogen) atoms. The van der Waals surface area contributed by atoms with E-state index >= 15 is 0 Å². The first-order valence-corrected chi connectivity index (χ1v) is 6.52. The quantitative estimate of drug-likeness (QED) is 0.778. The van der Waals surface area contributed by atoms with Crippen molar-refractivity contribution in [3.05, 3.63) is 30.6 Å². The van der Waals surface area contributed by atoms with Crippen LogP contribution in [0.25, 0.3) is 0 Å². The minimum atomic E-state index is 0.715. The molecule has 5 heteroatoms. The molecule has 1 aromatic rings. The van der Waals surface area contributed by atoms with Gasteiger partial charge in [-0.3, -0.25) is 0 Å². The molecule has 0 aliphatic carbocycles. The van der Waals surface area contributed by atoms with Gasteiger partial charge in [0.2, 0.25) is 0 Å². The molecule has 1 heterocycles. The smallest absolute Gasteiger partial charge is 0.144 e. The molecular weight excluding hydrogens is 240 g/mol. The van der Waals surface area contributed by atoms with Crippen LogP contribution in [0.15, 0.2) is 30.6 Å². The highest BCUT2D eigenvalue weighted by atomic mass is 16.5. The lowest BCUT2D eigenvalue weighted by atomic mass is 10.2. The second-order valence-electron chi connectivity index (χ2n) is 4.65. The first kappa shape index (κ1) is 13.4. The van der Waals surface area contributed by atoms with Crippen molar-refractivity contribution in [1.82, 2.24) is 10.2 Å². The maximum Gasteiger partial charge on any atom is 0.144 e. The highest BCUT2D eigenvalue weighted by Gasteiger charge is 2.17. The highest BCUT2D eigenvalue weighted by molar-refractivity contribution is 5.65.